The highest BCUT2D eigenvalue weighted by Crippen LogP contribution is 2.21. The number of hydrogen-bond acceptors (Lipinski definition) is 7. The highest BCUT2D eigenvalue weighted by molar-refractivity contribution is 7.99. The van der Waals surface area contributed by atoms with Gasteiger partial charge in [-0.15, -0.1) is 16.4 Å². The van der Waals surface area contributed by atoms with Crippen molar-refractivity contribution in [3.05, 3.63) is 40.4 Å². The maximum Gasteiger partial charge on any atom is 0.236 e. The van der Waals surface area contributed by atoms with E-state index in [1.165, 1.54) is 28.7 Å². The van der Waals surface area contributed by atoms with Crippen molar-refractivity contribution in [2.75, 3.05) is 11.1 Å². The Balaban J connectivity index is 1.67. The maximum atomic E-state index is 12.0. The van der Waals surface area contributed by atoms with Gasteiger partial charge >= 0.3 is 0 Å². The summed E-state index contributed by atoms with van der Waals surface area (Å²) in [4.78, 5) is 17.2. The van der Waals surface area contributed by atoms with Gasteiger partial charge in [0.15, 0.2) is 5.13 Å². The van der Waals surface area contributed by atoms with E-state index in [0.29, 0.717) is 10.3 Å². The first-order valence-corrected chi connectivity index (χ1v) is 9.04. The Hall–Kier alpha value is -2.26. The molecule has 0 bridgehead atoms. The van der Waals surface area contributed by atoms with Crippen LogP contribution in [0.25, 0.3) is 5.69 Å². The number of hydrogen-bond donors (Lipinski definition) is 1. The van der Waals surface area contributed by atoms with Gasteiger partial charge in [0, 0.05) is 11.1 Å². The lowest BCUT2D eigenvalue weighted by atomic mass is 10.1. The Bertz CT molecular complexity index is 872. The molecule has 1 amide bonds. The minimum atomic E-state index is -0.135. The summed E-state index contributed by atoms with van der Waals surface area (Å²) in [6.07, 6.45) is 1.73. The molecule has 1 N–H and O–H groups in total. The molecule has 0 spiro atoms. The van der Waals surface area contributed by atoms with Gasteiger partial charge in [-0.05, 0) is 54.5 Å². The van der Waals surface area contributed by atoms with Crippen LogP contribution in [0.1, 0.15) is 16.0 Å². The SMILES string of the molecule is Cc1cnc(NC(=O)CSc2nnnn2-c2ccc(C)c(C)c2)s1. The second-order valence-corrected chi connectivity index (χ2v) is 7.43. The van der Waals surface area contributed by atoms with E-state index in [4.69, 9.17) is 0 Å². The topological polar surface area (TPSA) is 85.6 Å². The second kappa shape index (κ2) is 7.10. The molecule has 0 radical (unpaired) electrons. The molecule has 124 valence electrons. The Morgan fingerprint density at radius 3 is 2.83 bits per heavy atom. The summed E-state index contributed by atoms with van der Waals surface area (Å²) in [5.74, 6) is 0.0769. The molecule has 0 aliphatic heterocycles. The van der Waals surface area contributed by atoms with E-state index in [2.05, 4.69) is 32.7 Å². The van der Waals surface area contributed by atoms with Crippen LogP contribution in [0.2, 0.25) is 0 Å². The minimum absolute atomic E-state index is 0.135. The zero-order chi connectivity index (χ0) is 17.1. The molecule has 24 heavy (non-hydrogen) atoms. The van der Waals surface area contributed by atoms with Crippen molar-refractivity contribution in [1.29, 1.82) is 0 Å². The van der Waals surface area contributed by atoms with E-state index in [9.17, 15) is 4.79 Å². The summed E-state index contributed by atoms with van der Waals surface area (Å²) >= 11 is 2.73. The van der Waals surface area contributed by atoms with Crippen LogP contribution in [-0.2, 0) is 4.79 Å². The highest BCUT2D eigenvalue weighted by atomic mass is 32.2. The number of nitrogens with one attached hydrogen (secondary N) is 1. The molecule has 2 aromatic heterocycles. The Morgan fingerprint density at radius 1 is 1.29 bits per heavy atom. The number of aryl methyl sites for hydroxylation is 3. The van der Waals surface area contributed by atoms with E-state index in [0.717, 1.165) is 16.1 Å². The molecule has 1 aromatic carbocycles. The van der Waals surface area contributed by atoms with E-state index in [1.54, 1.807) is 10.9 Å². The first-order chi connectivity index (χ1) is 11.5. The summed E-state index contributed by atoms with van der Waals surface area (Å²) in [7, 11) is 0. The largest absolute Gasteiger partial charge is 0.301 e. The number of rotatable bonds is 5. The summed E-state index contributed by atoms with van der Waals surface area (Å²) in [6.45, 7) is 6.04. The van der Waals surface area contributed by atoms with Crippen molar-refractivity contribution >= 4 is 34.1 Å². The van der Waals surface area contributed by atoms with Gasteiger partial charge in [0.05, 0.1) is 11.4 Å². The van der Waals surface area contributed by atoms with Crippen molar-refractivity contribution in [3.63, 3.8) is 0 Å². The van der Waals surface area contributed by atoms with Crippen molar-refractivity contribution < 1.29 is 4.79 Å². The zero-order valence-corrected chi connectivity index (χ0v) is 15.1. The average Bonchev–Trinajstić information content (AvgIpc) is 3.17. The van der Waals surface area contributed by atoms with Crippen LogP contribution >= 0.6 is 23.1 Å². The summed E-state index contributed by atoms with van der Waals surface area (Å²) in [5.41, 5.74) is 3.25. The fourth-order valence-electron chi connectivity index (χ4n) is 1.99. The van der Waals surface area contributed by atoms with Crippen LogP contribution in [-0.4, -0.2) is 36.9 Å². The highest BCUT2D eigenvalue weighted by Gasteiger charge is 2.13. The van der Waals surface area contributed by atoms with Crippen molar-refractivity contribution in [3.8, 4) is 5.69 Å². The summed E-state index contributed by atoms with van der Waals surface area (Å²) in [6, 6.07) is 6.01. The van der Waals surface area contributed by atoms with Crippen LogP contribution in [0.3, 0.4) is 0 Å². The standard InChI is InChI=1S/C15H16N6OS2/c1-9-4-5-12(6-10(9)2)21-15(18-19-20-21)23-8-13(22)17-14-16-7-11(3)24-14/h4-7H,8H2,1-3H3,(H,16,17,22). The van der Waals surface area contributed by atoms with E-state index in [-0.39, 0.29) is 11.7 Å². The van der Waals surface area contributed by atoms with Gasteiger partial charge < -0.3 is 5.32 Å². The molecule has 0 unspecified atom stereocenters. The van der Waals surface area contributed by atoms with Gasteiger partial charge in [0.1, 0.15) is 0 Å². The maximum absolute atomic E-state index is 12.0. The number of tetrazole rings is 1. The molecule has 0 saturated carbocycles. The predicted octanol–water partition coefficient (Wildman–Crippen LogP) is 2.77. The molecular weight excluding hydrogens is 344 g/mol. The predicted molar refractivity (Wildman–Crippen MR) is 94.8 cm³/mol. The van der Waals surface area contributed by atoms with Gasteiger partial charge in [-0.3, -0.25) is 4.79 Å². The number of carbonyl (C=O) groups is 1. The quantitative estimate of drug-likeness (QED) is 0.704. The molecule has 2 heterocycles. The monoisotopic (exact) mass is 360 g/mol. The fraction of sp³-hybridized carbons (Fsp3) is 0.267. The number of thiazole rings is 1. The first-order valence-electron chi connectivity index (χ1n) is 7.24. The van der Waals surface area contributed by atoms with Gasteiger partial charge in [0.25, 0.3) is 0 Å². The van der Waals surface area contributed by atoms with E-state index in [1.807, 2.05) is 32.0 Å². The number of anilines is 1. The Kier molecular flexibility index (Phi) is 4.91. The number of carbonyl (C=O) groups excluding carboxylic acids is 1. The molecule has 9 heteroatoms. The van der Waals surface area contributed by atoms with Crippen molar-refractivity contribution in [1.82, 2.24) is 25.2 Å². The third-order valence-electron chi connectivity index (χ3n) is 3.38. The molecule has 0 atom stereocenters. The zero-order valence-electron chi connectivity index (χ0n) is 13.5. The fourth-order valence-corrected chi connectivity index (χ4v) is 3.36. The van der Waals surface area contributed by atoms with Crippen molar-refractivity contribution in [2.45, 2.75) is 25.9 Å². The molecule has 0 aliphatic rings. The first kappa shape index (κ1) is 16.6. The third kappa shape index (κ3) is 3.80. The lowest BCUT2D eigenvalue weighted by molar-refractivity contribution is -0.113. The van der Waals surface area contributed by atoms with Gasteiger partial charge in [-0.1, -0.05) is 17.8 Å². The van der Waals surface area contributed by atoms with Crippen LogP contribution in [0.5, 0.6) is 0 Å². The molecular formula is C15H16N6OS2. The Labute approximate surface area is 147 Å². The van der Waals surface area contributed by atoms with Crippen LogP contribution in [0.15, 0.2) is 29.6 Å². The normalized spacial score (nSPS) is 10.8. The molecule has 0 fully saturated rings. The van der Waals surface area contributed by atoms with Gasteiger partial charge in [0.2, 0.25) is 11.1 Å². The molecule has 7 nitrogen and oxygen atoms in total. The molecule has 3 aromatic rings. The molecule has 3 rings (SSSR count). The van der Waals surface area contributed by atoms with Crippen LogP contribution in [0.4, 0.5) is 5.13 Å². The Morgan fingerprint density at radius 2 is 2.12 bits per heavy atom. The van der Waals surface area contributed by atoms with Crippen LogP contribution in [0, 0.1) is 20.8 Å². The summed E-state index contributed by atoms with van der Waals surface area (Å²) in [5, 5.41) is 15.7. The lowest BCUT2D eigenvalue weighted by Crippen LogP contribution is -2.14. The minimum Gasteiger partial charge on any atom is -0.301 e. The van der Waals surface area contributed by atoms with Gasteiger partial charge in [-0.2, -0.15) is 4.68 Å². The smallest absolute Gasteiger partial charge is 0.236 e. The second-order valence-electron chi connectivity index (χ2n) is 5.25. The third-order valence-corrected chi connectivity index (χ3v) is 5.12. The summed E-state index contributed by atoms with van der Waals surface area (Å²) < 4.78 is 1.64. The van der Waals surface area contributed by atoms with E-state index < -0.39 is 0 Å². The van der Waals surface area contributed by atoms with Crippen molar-refractivity contribution in [2.24, 2.45) is 0 Å². The molecule has 0 saturated heterocycles. The van der Waals surface area contributed by atoms with Crippen LogP contribution < -0.4 is 5.32 Å². The molecule has 0 aliphatic carbocycles. The number of amides is 1. The number of aromatic nitrogens is 5. The van der Waals surface area contributed by atoms with Gasteiger partial charge in [-0.25, -0.2) is 4.98 Å². The number of thioether (sulfide) groups is 1. The van der Waals surface area contributed by atoms with E-state index >= 15 is 0 Å². The number of benzene rings is 1. The number of nitrogens with zero attached hydrogens (tertiary/aromatic N) is 5. The lowest BCUT2D eigenvalue weighted by Gasteiger charge is -2.06. The average molecular weight is 360 g/mol.